The second kappa shape index (κ2) is 7.19. The Kier molecular flexibility index (Phi) is 6.59. The topological polar surface area (TPSA) is 12.0 Å². The molecule has 0 radical (unpaired) electrons. The molecule has 0 heterocycles. The van der Waals surface area contributed by atoms with E-state index in [0.717, 1.165) is 19.4 Å². The van der Waals surface area contributed by atoms with E-state index in [9.17, 15) is 0 Å². The lowest BCUT2D eigenvalue weighted by molar-refractivity contribution is 0.540. The van der Waals surface area contributed by atoms with E-state index in [1.54, 1.807) is 0 Å². The van der Waals surface area contributed by atoms with Crippen molar-refractivity contribution in [3.05, 3.63) is 0 Å². The van der Waals surface area contributed by atoms with Gasteiger partial charge in [0, 0.05) is 12.5 Å². The lowest BCUT2D eigenvalue weighted by Crippen LogP contribution is -2.28. The van der Waals surface area contributed by atoms with Crippen LogP contribution in [0.15, 0.2) is 0 Å². The predicted molar refractivity (Wildman–Crippen MR) is 49.0 cm³/mol. The highest BCUT2D eigenvalue weighted by Gasteiger charge is 1.99. The van der Waals surface area contributed by atoms with Crippen LogP contribution in [0, 0.1) is 24.2 Å². The zero-order valence-corrected chi connectivity index (χ0v) is 7.28. The summed E-state index contributed by atoms with van der Waals surface area (Å²) in [6.07, 6.45) is 7.04. The van der Waals surface area contributed by atoms with Crippen LogP contribution < -0.4 is 5.32 Å². The maximum atomic E-state index is 5.18. The van der Waals surface area contributed by atoms with Gasteiger partial charge in [0.2, 0.25) is 0 Å². The standard InChI is InChI=1S/C10H15N/c1-4-7-9-11-10(6-3)8-5-2/h2,10-11H,6,8-9H2,1,3H3. The molecule has 0 spiro atoms. The quantitative estimate of drug-likeness (QED) is 0.596. The molecule has 0 aliphatic carbocycles. The smallest absolute Gasteiger partial charge is 0.0578 e. The fraction of sp³-hybridized carbons (Fsp3) is 0.600. The van der Waals surface area contributed by atoms with Gasteiger partial charge < -0.3 is 5.32 Å². The van der Waals surface area contributed by atoms with Gasteiger partial charge in [-0.05, 0) is 13.3 Å². The molecule has 0 fully saturated rings. The molecule has 0 saturated heterocycles. The minimum absolute atomic E-state index is 0.431. The molecule has 0 bridgehead atoms. The predicted octanol–water partition coefficient (Wildman–Crippen LogP) is 1.40. The number of nitrogens with one attached hydrogen (secondary N) is 1. The van der Waals surface area contributed by atoms with Crippen molar-refractivity contribution in [1.29, 1.82) is 0 Å². The molecule has 0 aliphatic rings. The van der Waals surface area contributed by atoms with Crippen LogP contribution >= 0.6 is 0 Å². The Morgan fingerprint density at radius 3 is 2.73 bits per heavy atom. The van der Waals surface area contributed by atoms with Gasteiger partial charge in [-0.15, -0.1) is 18.3 Å². The van der Waals surface area contributed by atoms with Crippen molar-refractivity contribution in [3.8, 4) is 24.2 Å². The van der Waals surface area contributed by atoms with E-state index in [1.165, 1.54) is 0 Å². The lowest BCUT2D eigenvalue weighted by Gasteiger charge is -2.10. The maximum Gasteiger partial charge on any atom is 0.0578 e. The van der Waals surface area contributed by atoms with E-state index in [0.29, 0.717) is 6.04 Å². The summed E-state index contributed by atoms with van der Waals surface area (Å²) >= 11 is 0. The molecular formula is C10H15N. The lowest BCUT2D eigenvalue weighted by atomic mass is 10.1. The summed E-state index contributed by atoms with van der Waals surface area (Å²) in [4.78, 5) is 0. The van der Waals surface area contributed by atoms with Gasteiger partial charge in [-0.1, -0.05) is 12.8 Å². The summed E-state index contributed by atoms with van der Waals surface area (Å²) in [7, 11) is 0. The van der Waals surface area contributed by atoms with Gasteiger partial charge in [-0.25, -0.2) is 0 Å². The Morgan fingerprint density at radius 2 is 2.27 bits per heavy atom. The number of rotatable bonds is 4. The van der Waals surface area contributed by atoms with Crippen molar-refractivity contribution < 1.29 is 0 Å². The molecule has 1 unspecified atom stereocenters. The van der Waals surface area contributed by atoms with Crippen molar-refractivity contribution in [2.24, 2.45) is 0 Å². The monoisotopic (exact) mass is 149 g/mol. The summed E-state index contributed by atoms with van der Waals surface area (Å²) in [6.45, 7) is 4.70. The highest BCUT2D eigenvalue weighted by Crippen LogP contribution is 1.94. The molecule has 0 aromatic carbocycles. The molecule has 1 atom stereocenters. The molecule has 0 saturated carbocycles. The van der Waals surface area contributed by atoms with Gasteiger partial charge in [0.1, 0.15) is 0 Å². The second-order valence-corrected chi connectivity index (χ2v) is 2.32. The van der Waals surface area contributed by atoms with E-state index in [1.807, 2.05) is 6.92 Å². The van der Waals surface area contributed by atoms with E-state index in [4.69, 9.17) is 6.42 Å². The number of hydrogen-bond donors (Lipinski definition) is 1. The van der Waals surface area contributed by atoms with Crippen LogP contribution in [0.25, 0.3) is 0 Å². The average molecular weight is 149 g/mol. The normalized spacial score (nSPS) is 11.0. The van der Waals surface area contributed by atoms with Crippen molar-refractivity contribution in [1.82, 2.24) is 5.32 Å². The molecule has 0 aromatic heterocycles. The van der Waals surface area contributed by atoms with E-state index < -0.39 is 0 Å². The first-order valence-electron chi connectivity index (χ1n) is 3.91. The van der Waals surface area contributed by atoms with Crippen molar-refractivity contribution in [2.45, 2.75) is 32.7 Å². The van der Waals surface area contributed by atoms with Gasteiger partial charge in [0.05, 0.1) is 6.54 Å². The van der Waals surface area contributed by atoms with Crippen molar-refractivity contribution >= 4 is 0 Å². The Labute approximate surface area is 69.6 Å². The molecule has 1 N–H and O–H groups in total. The first-order chi connectivity index (χ1) is 5.35. The summed E-state index contributed by atoms with van der Waals surface area (Å²) in [6, 6.07) is 0.431. The Balaban J connectivity index is 3.50. The van der Waals surface area contributed by atoms with Gasteiger partial charge in [-0.3, -0.25) is 0 Å². The molecule has 60 valence electrons. The summed E-state index contributed by atoms with van der Waals surface area (Å²) in [5.74, 6) is 8.40. The van der Waals surface area contributed by atoms with Crippen LogP contribution in [-0.4, -0.2) is 12.6 Å². The third-order valence-electron chi connectivity index (χ3n) is 1.51. The van der Waals surface area contributed by atoms with E-state index >= 15 is 0 Å². The van der Waals surface area contributed by atoms with Crippen LogP contribution in [0.1, 0.15) is 26.7 Å². The molecule has 1 heteroatoms. The summed E-state index contributed by atoms with van der Waals surface area (Å²) in [5.41, 5.74) is 0. The molecule has 1 nitrogen and oxygen atoms in total. The molecular weight excluding hydrogens is 134 g/mol. The maximum absolute atomic E-state index is 5.18. The first-order valence-corrected chi connectivity index (χ1v) is 3.91. The van der Waals surface area contributed by atoms with Gasteiger partial charge >= 0.3 is 0 Å². The Hall–Kier alpha value is -0.920. The third kappa shape index (κ3) is 5.52. The van der Waals surface area contributed by atoms with Gasteiger partial charge in [-0.2, -0.15) is 0 Å². The zero-order valence-electron chi connectivity index (χ0n) is 7.28. The third-order valence-corrected chi connectivity index (χ3v) is 1.51. The zero-order chi connectivity index (χ0) is 8.53. The van der Waals surface area contributed by atoms with Gasteiger partial charge in [0.15, 0.2) is 0 Å². The number of hydrogen-bond acceptors (Lipinski definition) is 1. The SMILES string of the molecule is C#CCC(CC)NCC#CC. The summed E-state index contributed by atoms with van der Waals surface area (Å²) in [5, 5.41) is 3.26. The molecule has 11 heavy (non-hydrogen) atoms. The minimum atomic E-state index is 0.431. The first kappa shape index (κ1) is 10.1. The van der Waals surface area contributed by atoms with Crippen LogP contribution in [0.5, 0.6) is 0 Å². The van der Waals surface area contributed by atoms with E-state index in [-0.39, 0.29) is 0 Å². The van der Waals surface area contributed by atoms with Crippen molar-refractivity contribution in [2.75, 3.05) is 6.54 Å². The number of terminal acetylenes is 1. The molecule has 0 rings (SSSR count). The van der Waals surface area contributed by atoms with Crippen LogP contribution in [0.4, 0.5) is 0 Å². The van der Waals surface area contributed by atoms with Crippen LogP contribution in [0.3, 0.4) is 0 Å². The van der Waals surface area contributed by atoms with E-state index in [2.05, 4.69) is 30.0 Å². The largest absolute Gasteiger partial charge is 0.302 e. The Bertz CT molecular complexity index is 177. The highest BCUT2D eigenvalue weighted by atomic mass is 14.9. The minimum Gasteiger partial charge on any atom is -0.302 e. The Morgan fingerprint density at radius 1 is 1.55 bits per heavy atom. The van der Waals surface area contributed by atoms with Gasteiger partial charge in [0.25, 0.3) is 0 Å². The van der Waals surface area contributed by atoms with Crippen molar-refractivity contribution in [3.63, 3.8) is 0 Å². The second-order valence-electron chi connectivity index (χ2n) is 2.32. The summed E-state index contributed by atoms with van der Waals surface area (Å²) < 4.78 is 0. The fourth-order valence-electron chi connectivity index (χ4n) is 0.787. The van der Waals surface area contributed by atoms with Crippen LogP contribution in [-0.2, 0) is 0 Å². The fourth-order valence-corrected chi connectivity index (χ4v) is 0.787. The molecule has 0 aliphatic heterocycles. The van der Waals surface area contributed by atoms with Crippen LogP contribution in [0.2, 0.25) is 0 Å². The highest BCUT2D eigenvalue weighted by molar-refractivity contribution is 4.98. The molecule has 0 aromatic rings. The molecule has 0 amide bonds. The average Bonchev–Trinajstić information content (AvgIpc) is 2.03.